The lowest BCUT2D eigenvalue weighted by molar-refractivity contribution is 0.279. The van der Waals surface area contributed by atoms with Crippen LogP contribution in [0.3, 0.4) is 0 Å². The van der Waals surface area contributed by atoms with E-state index in [1.54, 1.807) is 0 Å². The van der Waals surface area contributed by atoms with E-state index < -0.39 is 0 Å². The van der Waals surface area contributed by atoms with Crippen LogP contribution in [0.25, 0.3) is 0 Å². The lowest BCUT2D eigenvalue weighted by Gasteiger charge is -2.04. The topological polar surface area (TPSA) is 61.8 Å². The summed E-state index contributed by atoms with van der Waals surface area (Å²) in [6, 6.07) is 5.76. The van der Waals surface area contributed by atoms with Gasteiger partial charge in [-0.3, -0.25) is 5.10 Å². The summed E-state index contributed by atoms with van der Waals surface area (Å²) in [5, 5.41) is 16.7. The number of rotatable bonds is 3. The Balaban J connectivity index is 2.27. The first-order chi connectivity index (χ1) is 7.69. The molecule has 1 heterocycles. The fourth-order valence-corrected chi connectivity index (χ4v) is 2.51. The predicted molar refractivity (Wildman–Crippen MR) is 65.3 cm³/mol. The van der Waals surface area contributed by atoms with E-state index in [1.807, 2.05) is 25.1 Å². The van der Waals surface area contributed by atoms with Gasteiger partial charge in [0.1, 0.15) is 5.82 Å². The molecule has 0 aliphatic heterocycles. The van der Waals surface area contributed by atoms with Gasteiger partial charge < -0.3 is 5.11 Å². The molecule has 6 heteroatoms. The molecule has 0 amide bonds. The van der Waals surface area contributed by atoms with Crippen molar-refractivity contribution in [1.82, 2.24) is 15.2 Å². The zero-order valence-corrected chi connectivity index (χ0v) is 11.0. The molecule has 0 radical (unpaired) electrons. The molecule has 1 aromatic heterocycles. The van der Waals surface area contributed by atoms with Gasteiger partial charge in [0.25, 0.3) is 0 Å². The maximum absolute atomic E-state index is 9.24. The Morgan fingerprint density at radius 2 is 2.31 bits per heavy atom. The highest BCUT2D eigenvalue weighted by Crippen LogP contribution is 2.29. The van der Waals surface area contributed by atoms with Crippen LogP contribution in [0, 0.1) is 6.92 Å². The molecule has 0 aliphatic rings. The highest BCUT2D eigenvalue weighted by Gasteiger charge is 2.07. The van der Waals surface area contributed by atoms with E-state index in [2.05, 4.69) is 31.1 Å². The third-order valence-electron chi connectivity index (χ3n) is 1.97. The van der Waals surface area contributed by atoms with Crippen molar-refractivity contribution in [2.45, 2.75) is 23.6 Å². The number of nitrogens with zero attached hydrogens (tertiary/aromatic N) is 2. The van der Waals surface area contributed by atoms with E-state index in [4.69, 9.17) is 0 Å². The first kappa shape index (κ1) is 11.6. The Morgan fingerprint density at radius 1 is 1.50 bits per heavy atom. The molecule has 0 atom stereocenters. The zero-order chi connectivity index (χ0) is 11.5. The van der Waals surface area contributed by atoms with Crippen LogP contribution in [0.1, 0.15) is 11.4 Å². The van der Waals surface area contributed by atoms with Gasteiger partial charge in [0.05, 0.1) is 6.61 Å². The van der Waals surface area contributed by atoms with Gasteiger partial charge in [-0.05, 0) is 42.4 Å². The minimum Gasteiger partial charge on any atom is -0.392 e. The average Bonchev–Trinajstić information content (AvgIpc) is 2.67. The van der Waals surface area contributed by atoms with Crippen LogP contribution in [0.2, 0.25) is 0 Å². The van der Waals surface area contributed by atoms with Gasteiger partial charge in [0, 0.05) is 9.37 Å². The van der Waals surface area contributed by atoms with E-state index in [0.29, 0.717) is 5.16 Å². The fourth-order valence-electron chi connectivity index (χ4n) is 1.24. The Bertz CT molecular complexity index is 501. The highest BCUT2D eigenvalue weighted by molar-refractivity contribution is 9.10. The lowest BCUT2D eigenvalue weighted by Crippen LogP contribution is -1.88. The molecule has 0 saturated carbocycles. The molecule has 0 spiro atoms. The zero-order valence-electron chi connectivity index (χ0n) is 8.57. The van der Waals surface area contributed by atoms with Crippen molar-refractivity contribution < 1.29 is 5.11 Å². The van der Waals surface area contributed by atoms with Gasteiger partial charge in [-0.25, -0.2) is 4.98 Å². The monoisotopic (exact) mass is 299 g/mol. The van der Waals surface area contributed by atoms with Crippen LogP contribution in [-0.2, 0) is 6.61 Å². The maximum Gasteiger partial charge on any atom is 0.213 e. The van der Waals surface area contributed by atoms with E-state index in [9.17, 15) is 5.11 Å². The van der Waals surface area contributed by atoms with Gasteiger partial charge >= 0.3 is 0 Å². The Hall–Kier alpha value is -0.850. The third kappa shape index (κ3) is 2.63. The van der Waals surface area contributed by atoms with Crippen molar-refractivity contribution in [2.24, 2.45) is 0 Å². The normalized spacial score (nSPS) is 10.7. The number of benzene rings is 1. The molecule has 0 saturated heterocycles. The number of hydrogen-bond donors (Lipinski definition) is 2. The number of aromatic nitrogens is 3. The maximum atomic E-state index is 9.24. The Kier molecular flexibility index (Phi) is 3.63. The fraction of sp³-hybridized carbons (Fsp3) is 0.200. The van der Waals surface area contributed by atoms with Crippen molar-refractivity contribution in [3.8, 4) is 0 Å². The van der Waals surface area contributed by atoms with Gasteiger partial charge in [-0.1, -0.05) is 15.9 Å². The molecule has 4 nitrogen and oxygen atoms in total. The van der Waals surface area contributed by atoms with E-state index >= 15 is 0 Å². The summed E-state index contributed by atoms with van der Waals surface area (Å²) >= 11 is 4.80. The summed E-state index contributed by atoms with van der Waals surface area (Å²) in [5.74, 6) is 0.783. The first-order valence-electron chi connectivity index (χ1n) is 4.65. The SMILES string of the molecule is Cc1nc(Sc2ccc(Br)cc2CO)n[nH]1. The number of H-pyrrole nitrogens is 1. The van der Waals surface area contributed by atoms with Crippen molar-refractivity contribution in [2.75, 3.05) is 0 Å². The summed E-state index contributed by atoms with van der Waals surface area (Å²) < 4.78 is 0.951. The summed E-state index contributed by atoms with van der Waals surface area (Å²) in [6.07, 6.45) is 0. The average molecular weight is 300 g/mol. The Morgan fingerprint density at radius 3 is 2.94 bits per heavy atom. The molecule has 2 rings (SSSR count). The van der Waals surface area contributed by atoms with Gasteiger partial charge in [-0.15, -0.1) is 5.10 Å². The molecule has 0 fully saturated rings. The first-order valence-corrected chi connectivity index (χ1v) is 6.26. The van der Waals surface area contributed by atoms with Crippen molar-refractivity contribution in [1.29, 1.82) is 0 Å². The molecule has 1 aromatic carbocycles. The number of halogens is 1. The molecule has 0 aliphatic carbocycles. The third-order valence-corrected chi connectivity index (χ3v) is 3.45. The summed E-state index contributed by atoms with van der Waals surface area (Å²) in [5.41, 5.74) is 0.863. The number of aliphatic hydroxyl groups is 1. The Labute approximate surface area is 106 Å². The molecule has 2 aromatic rings. The summed E-state index contributed by atoms with van der Waals surface area (Å²) in [6.45, 7) is 1.86. The standard InChI is InChI=1S/C10H10BrN3OS/c1-6-12-10(14-13-6)16-9-3-2-8(11)4-7(9)5-15/h2-4,15H,5H2,1H3,(H,12,13,14). The number of aryl methyl sites for hydroxylation is 1. The minimum atomic E-state index is 0.00514. The molecule has 84 valence electrons. The lowest BCUT2D eigenvalue weighted by atomic mass is 10.2. The largest absolute Gasteiger partial charge is 0.392 e. The van der Waals surface area contributed by atoms with Gasteiger partial charge in [-0.2, -0.15) is 0 Å². The van der Waals surface area contributed by atoms with E-state index in [1.165, 1.54) is 11.8 Å². The molecule has 0 unspecified atom stereocenters. The van der Waals surface area contributed by atoms with E-state index in [-0.39, 0.29) is 6.61 Å². The van der Waals surface area contributed by atoms with Gasteiger partial charge in [0.15, 0.2) is 0 Å². The molecule has 16 heavy (non-hydrogen) atoms. The van der Waals surface area contributed by atoms with Crippen LogP contribution in [-0.4, -0.2) is 20.3 Å². The van der Waals surface area contributed by atoms with Crippen LogP contribution in [0.15, 0.2) is 32.7 Å². The van der Waals surface area contributed by atoms with Crippen LogP contribution in [0.5, 0.6) is 0 Å². The number of aliphatic hydroxyl groups excluding tert-OH is 1. The number of hydrogen-bond acceptors (Lipinski definition) is 4. The second-order valence-corrected chi connectivity index (χ2v) is 5.14. The van der Waals surface area contributed by atoms with Crippen LogP contribution in [0.4, 0.5) is 0 Å². The smallest absolute Gasteiger partial charge is 0.213 e. The molecule has 2 N–H and O–H groups in total. The predicted octanol–water partition coefficient (Wildman–Crippen LogP) is 2.52. The minimum absolute atomic E-state index is 0.00514. The molecular weight excluding hydrogens is 290 g/mol. The van der Waals surface area contributed by atoms with Crippen LogP contribution < -0.4 is 0 Å². The second-order valence-electron chi connectivity index (χ2n) is 3.22. The van der Waals surface area contributed by atoms with Crippen LogP contribution >= 0.6 is 27.7 Å². The molecular formula is C10H10BrN3OS. The van der Waals surface area contributed by atoms with Crippen molar-refractivity contribution in [3.05, 3.63) is 34.1 Å². The quantitative estimate of drug-likeness (QED) is 0.914. The summed E-state index contributed by atoms with van der Waals surface area (Å²) in [4.78, 5) is 5.17. The highest BCUT2D eigenvalue weighted by atomic mass is 79.9. The molecule has 0 bridgehead atoms. The van der Waals surface area contributed by atoms with Gasteiger partial charge in [0.2, 0.25) is 5.16 Å². The number of nitrogens with one attached hydrogen (secondary N) is 1. The summed E-state index contributed by atoms with van der Waals surface area (Å²) in [7, 11) is 0. The van der Waals surface area contributed by atoms with E-state index in [0.717, 1.165) is 20.8 Å². The van der Waals surface area contributed by atoms with Crippen molar-refractivity contribution in [3.63, 3.8) is 0 Å². The second kappa shape index (κ2) is 4.99. The number of aromatic amines is 1. The van der Waals surface area contributed by atoms with Crippen molar-refractivity contribution >= 4 is 27.7 Å².